The summed E-state index contributed by atoms with van der Waals surface area (Å²) in [6.07, 6.45) is -2.51. The summed E-state index contributed by atoms with van der Waals surface area (Å²) in [6, 6.07) is 21.2. The van der Waals surface area contributed by atoms with E-state index >= 15 is 0 Å². The average Bonchev–Trinajstić information content (AvgIpc) is 3.28. The molecule has 0 heterocycles. The first-order valence-electron chi connectivity index (χ1n) is 20.2. The van der Waals surface area contributed by atoms with Gasteiger partial charge in [0.05, 0.1) is 40.4 Å². The zero-order chi connectivity index (χ0) is 49.1. The molecule has 0 aliphatic carbocycles. The Balaban J connectivity index is 1.23. The average molecular weight is 922 g/mol. The Kier molecular flexibility index (Phi) is 16.2. The van der Waals surface area contributed by atoms with Crippen molar-refractivity contribution in [1.82, 2.24) is 5.32 Å². The molecule has 5 rings (SSSR count). The fraction of sp³-hybridized carbons (Fsp3) is 0.196. The standard InChI is InChI=1S/C46H47N7O14/c1-23(2)66-35-22-28(46(61)62)12-20-33(35)50-44(59)32-19-21-34(38(37(32)54)67-24(3)4)51-42(57)25-6-15-30(16-7-25)49-45(60)39(65-5)36(40(47)55)52-43(58)26-8-13-29(14-9-26)48-41(56)27-10-17-31(18-11-27)53(63)64/h6-24,36,39,54,63-64H,1-5H3,(H2,47,55)(H,48,56)(H,49,60)(H,50,59)(H,51,57)(H,52,58)(H,61,62)/t36-,39-/m0/s1. The van der Waals surface area contributed by atoms with Crippen molar-refractivity contribution in [2.24, 2.45) is 5.73 Å². The van der Waals surface area contributed by atoms with E-state index in [0.717, 1.165) is 7.11 Å². The molecule has 5 aromatic carbocycles. The number of carbonyl (C=O) groups is 7. The molecule has 0 aliphatic heterocycles. The predicted octanol–water partition coefficient (Wildman–Crippen LogP) is 5.24. The van der Waals surface area contributed by atoms with Gasteiger partial charge in [0, 0.05) is 35.2 Å². The van der Waals surface area contributed by atoms with Gasteiger partial charge < -0.3 is 56.7 Å². The highest BCUT2D eigenvalue weighted by Crippen LogP contribution is 2.39. The van der Waals surface area contributed by atoms with Gasteiger partial charge in [0.15, 0.2) is 17.6 Å². The highest BCUT2D eigenvalue weighted by molar-refractivity contribution is 6.10. The second kappa shape index (κ2) is 21.9. The van der Waals surface area contributed by atoms with Crippen molar-refractivity contribution in [3.05, 3.63) is 131 Å². The minimum atomic E-state index is -1.66. The van der Waals surface area contributed by atoms with Crippen LogP contribution < -0.4 is 47.0 Å². The maximum Gasteiger partial charge on any atom is 0.335 e. The molecule has 350 valence electrons. The number of carbonyl (C=O) groups excluding carboxylic acids is 6. The van der Waals surface area contributed by atoms with Crippen LogP contribution in [0.15, 0.2) is 103 Å². The van der Waals surface area contributed by atoms with Crippen molar-refractivity contribution in [2.45, 2.75) is 52.0 Å². The van der Waals surface area contributed by atoms with Crippen molar-refractivity contribution in [3.8, 4) is 17.2 Å². The van der Waals surface area contributed by atoms with Crippen LogP contribution >= 0.6 is 0 Å². The summed E-state index contributed by atoms with van der Waals surface area (Å²) >= 11 is 0. The second-order valence-electron chi connectivity index (χ2n) is 15.0. The molecular formula is C46H47N7O14. The third-order valence-corrected chi connectivity index (χ3v) is 9.41. The Hall–Kier alpha value is -8.53. The van der Waals surface area contributed by atoms with Gasteiger partial charge in [0.25, 0.3) is 29.5 Å². The first-order chi connectivity index (χ1) is 31.8. The number of aromatic hydroxyl groups is 1. The van der Waals surface area contributed by atoms with Gasteiger partial charge in [0.1, 0.15) is 11.8 Å². The number of hydrogen-bond donors (Lipinski definition) is 10. The van der Waals surface area contributed by atoms with E-state index in [-0.39, 0.29) is 73.4 Å². The van der Waals surface area contributed by atoms with Crippen molar-refractivity contribution >= 4 is 69.8 Å². The Morgan fingerprint density at radius 1 is 0.597 bits per heavy atom. The highest BCUT2D eigenvalue weighted by atomic mass is 16.8. The first-order valence-corrected chi connectivity index (χ1v) is 20.2. The molecular weight excluding hydrogens is 875 g/mol. The minimum Gasteiger partial charge on any atom is -0.504 e. The largest absolute Gasteiger partial charge is 0.504 e. The smallest absolute Gasteiger partial charge is 0.335 e. The highest BCUT2D eigenvalue weighted by Gasteiger charge is 2.34. The number of methoxy groups -OCH3 is 1. The number of phenolic OH excluding ortho intramolecular Hbond substituents is 1. The summed E-state index contributed by atoms with van der Waals surface area (Å²) in [5, 5.41) is 51.6. The topological polar surface area (TPSA) is 318 Å². The number of ether oxygens (including phenoxy) is 3. The van der Waals surface area contributed by atoms with Crippen LogP contribution in [0.25, 0.3) is 0 Å². The molecule has 67 heavy (non-hydrogen) atoms. The van der Waals surface area contributed by atoms with E-state index in [1.165, 1.54) is 103 Å². The number of phenols is 1. The lowest BCUT2D eigenvalue weighted by Crippen LogP contribution is -2.56. The van der Waals surface area contributed by atoms with Crippen LogP contribution in [0.5, 0.6) is 17.2 Å². The molecule has 0 radical (unpaired) electrons. The van der Waals surface area contributed by atoms with E-state index in [9.17, 15) is 43.8 Å². The van der Waals surface area contributed by atoms with E-state index in [1.54, 1.807) is 27.7 Å². The number of hydrogen-bond acceptors (Lipinski definition) is 14. The molecule has 0 aliphatic rings. The molecule has 0 fully saturated rings. The maximum absolute atomic E-state index is 13.4. The van der Waals surface area contributed by atoms with Gasteiger partial charge in [-0.05, 0) is 131 Å². The van der Waals surface area contributed by atoms with Gasteiger partial charge in [-0.15, -0.1) is 5.23 Å². The monoisotopic (exact) mass is 921 g/mol. The molecule has 21 nitrogen and oxygen atoms in total. The van der Waals surface area contributed by atoms with Crippen molar-refractivity contribution < 1.29 is 68.4 Å². The molecule has 2 atom stereocenters. The van der Waals surface area contributed by atoms with Crippen molar-refractivity contribution in [1.29, 1.82) is 0 Å². The predicted molar refractivity (Wildman–Crippen MR) is 242 cm³/mol. The van der Waals surface area contributed by atoms with Crippen LogP contribution in [0.1, 0.15) is 79.5 Å². The van der Waals surface area contributed by atoms with Crippen molar-refractivity contribution in [3.63, 3.8) is 0 Å². The zero-order valence-corrected chi connectivity index (χ0v) is 36.5. The van der Waals surface area contributed by atoms with E-state index < -0.39 is 65.4 Å². The maximum atomic E-state index is 13.4. The lowest BCUT2D eigenvalue weighted by molar-refractivity contribution is -0.134. The minimum absolute atomic E-state index is 0.00750. The summed E-state index contributed by atoms with van der Waals surface area (Å²) in [6.45, 7) is 6.77. The number of carboxylic acids is 1. The molecule has 0 unspecified atom stereocenters. The Bertz CT molecular complexity index is 2650. The van der Waals surface area contributed by atoms with Gasteiger partial charge in [-0.25, -0.2) is 4.79 Å². The van der Waals surface area contributed by atoms with E-state index in [4.69, 9.17) is 30.4 Å². The number of nitrogens with two attached hydrogens (primary N) is 1. The number of carboxylic acid groups (broad SMARTS) is 1. The third-order valence-electron chi connectivity index (χ3n) is 9.41. The fourth-order valence-electron chi connectivity index (χ4n) is 6.19. The van der Waals surface area contributed by atoms with Gasteiger partial charge in [0.2, 0.25) is 5.91 Å². The normalized spacial score (nSPS) is 11.7. The first kappa shape index (κ1) is 49.5. The number of nitrogens with zero attached hydrogens (tertiary/aromatic N) is 1. The number of benzene rings is 5. The Morgan fingerprint density at radius 3 is 1.61 bits per heavy atom. The van der Waals surface area contributed by atoms with Gasteiger partial charge in [-0.2, -0.15) is 0 Å². The van der Waals surface area contributed by atoms with Crippen LogP contribution in [0.4, 0.5) is 28.4 Å². The van der Waals surface area contributed by atoms with Gasteiger partial charge in [-0.3, -0.25) is 39.2 Å². The van der Waals surface area contributed by atoms with Gasteiger partial charge in [-0.1, -0.05) is 0 Å². The number of amides is 6. The fourth-order valence-corrected chi connectivity index (χ4v) is 6.19. The number of anilines is 5. The second-order valence-corrected chi connectivity index (χ2v) is 15.0. The van der Waals surface area contributed by atoms with Crippen LogP contribution in [-0.2, 0) is 14.3 Å². The molecule has 6 amide bonds. The SMILES string of the molecule is CO[C@H](C(=O)Nc1ccc(C(=O)Nc2ccc(C(=O)Nc3ccc(C(=O)O)cc3OC(C)C)c(O)c2OC(C)C)cc1)[C@H](NC(=O)c1ccc(NC(=O)c2ccc(N(O)O)cc2)cc1)C(N)=O. The number of nitrogens with one attached hydrogen (secondary N) is 5. The molecule has 0 spiro atoms. The lowest BCUT2D eigenvalue weighted by atomic mass is 10.1. The van der Waals surface area contributed by atoms with E-state index in [2.05, 4.69) is 26.6 Å². The van der Waals surface area contributed by atoms with Crippen molar-refractivity contribution in [2.75, 3.05) is 33.6 Å². The zero-order valence-electron chi connectivity index (χ0n) is 36.5. The van der Waals surface area contributed by atoms with E-state index in [1.807, 2.05) is 0 Å². The molecule has 21 heteroatoms. The van der Waals surface area contributed by atoms with Gasteiger partial charge >= 0.3 is 5.97 Å². The summed E-state index contributed by atoms with van der Waals surface area (Å²) in [7, 11) is 1.13. The summed E-state index contributed by atoms with van der Waals surface area (Å²) in [5.41, 5.74) is 6.25. The number of aromatic carboxylic acids is 1. The molecule has 11 N–H and O–H groups in total. The van der Waals surface area contributed by atoms with Crippen LogP contribution in [0.3, 0.4) is 0 Å². The van der Waals surface area contributed by atoms with Crippen LogP contribution in [-0.4, -0.2) is 93.5 Å². The van der Waals surface area contributed by atoms with Crippen LogP contribution in [0.2, 0.25) is 0 Å². The van der Waals surface area contributed by atoms with E-state index in [0.29, 0.717) is 5.69 Å². The molecule has 0 bridgehead atoms. The Morgan fingerprint density at radius 2 is 1.09 bits per heavy atom. The molecule has 5 aromatic rings. The molecule has 0 saturated carbocycles. The molecule has 0 aromatic heterocycles. The van der Waals surface area contributed by atoms with Crippen LogP contribution in [0, 0.1) is 0 Å². The Labute approximate surface area is 382 Å². The molecule has 0 saturated heterocycles. The quantitative estimate of drug-likeness (QED) is 0.0473. The summed E-state index contributed by atoms with van der Waals surface area (Å²) in [4.78, 5) is 90.1. The summed E-state index contributed by atoms with van der Waals surface area (Å²) in [5.74, 6) is -6.69. The third kappa shape index (κ3) is 12.8. The number of primary amides is 1. The summed E-state index contributed by atoms with van der Waals surface area (Å²) < 4.78 is 16.8. The number of rotatable bonds is 19. The lowest BCUT2D eigenvalue weighted by Gasteiger charge is -2.24.